The fraction of sp³-hybridized carbons (Fsp3) is 0.267. The van der Waals surface area contributed by atoms with E-state index in [1.165, 1.54) is 9.69 Å². The van der Waals surface area contributed by atoms with Gasteiger partial charge in [0.1, 0.15) is 0 Å². The number of nitrogen functional groups attached to an aromatic ring is 1. The van der Waals surface area contributed by atoms with Crippen LogP contribution in [0.2, 0.25) is 5.02 Å². The minimum atomic E-state index is -3.76. The lowest BCUT2D eigenvalue weighted by Crippen LogP contribution is -2.27. The number of nitrogens with one attached hydrogen (secondary N) is 2. The second-order valence-electron chi connectivity index (χ2n) is 5.68. The fourth-order valence-corrected chi connectivity index (χ4v) is 5.64. The number of hydrogen-bond donors (Lipinski definition) is 4. The van der Waals surface area contributed by atoms with Gasteiger partial charge in [-0.1, -0.05) is 17.7 Å². The minimum Gasteiger partial charge on any atom is -0.504 e. The van der Waals surface area contributed by atoms with Gasteiger partial charge < -0.3 is 21.5 Å². The molecule has 8 nitrogen and oxygen atoms in total. The van der Waals surface area contributed by atoms with Crippen molar-refractivity contribution in [2.45, 2.75) is 17.1 Å². The Bertz CT molecular complexity index is 939. The maximum atomic E-state index is 12.5. The van der Waals surface area contributed by atoms with Gasteiger partial charge in [-0.25, -0.2) is 13.2 Å². The number of amides is 2. The number of thiophene rings is 1. The molecule has 5 N–H and O–H groups in total. The summed E-state index contributed by atoms with van der Waals surface area (Å²) in [6.07, 6.45) is 1.58. The molecular formula is C15H17ClN4O4S2. The smallest absolute Gasteiger partial charge is 0.323 e. The number of aromatic hydroxyl groups is 1. The Morgan fingerprint density at radius 2 is 1.88 bits per heavy atom. The van der Waals surface area contributed by atoms with Gasteiger partial charge in [-0.3, -0.25) is 0 Å². The second-order valence-corrected chi connectivity index (χ2v) is 9.10. The first-order valence-corrected chi connectivity index (χ1v) is 10.4. The van der Waals surface area contributed by atoms with E-state index < -0.39 is 21.8 Å². The van der Waals surface area contributed by atoms with Crippen LogP contribution < -0.4 is 16.4 Å². The van der Waals surface area contributed by atoms with E-state index in [1.54, 1.807) is 18.2 Å². The number of carbonyl (C=O) groups excluding carboxylic acids is 1. The Morgan fingerprint density at radius 3 is 2.58 bits per heavy atom. The Balaban J connectivity index is 1.76. The van der Waals surface area contributed by atoms with Crippen LogP contribution in [0.15, 0.2) is 27.8 Å². The highest BCUT2D eigenvalue weighted by atomic mass is 35.5. The standard InChI is InChI=1S/C15H17ClN4O4S2/c16-9-4-3-5-10(12(9)17)18-15(22)19-11-8-25-14(13(11)21)26(23,24)20-6-1-2-7-20/h3-5,8,21H,1-2,6-7,17H2,(H2,18,19,22). The topological polar surface area (TPSA) is 125 Å². The van der Waals surface area contributed by atoms with Crippen LogP contribution in [0.5, 0.6) is 5.75 Å². The second kappa shape index (κ2) is 7.31. The van der Waals surface area contributed by atoms with Crippen molar-refractivity contribution in [2.75, 3.05) is 29.5 Å². The highest BCUT2D eigenvalue weighted by Crippen LogP contribution is 2.40. The zero-order chi connectivity index (χ0) is 18.9. The van der Waals surface area contributed by atoms with Crippen LogP contribution in [0.4, 0.5) is 21.9 Å². The van der Waals surface area contributed by atoms with E-state index in [0.717, 1.165) is 24.2 Å². The SMILES string of the molecule is Nc1c(Cl)cccc1NC(=O)Nc1csc(S(=O)(=O)N2CCCC2)c1O. The lowest BCUT2D eigenvalue weighted by atomic mass is 10.3. The van der Waals surface area contributed by atoms with Gasteiger partial charge in [-0.05, 0) is 25.0 Å². The van der Waals surface area contributed by atoms with Crippen molar-refractivity contribution in [3.8, 4) is 5.75 Å². The average Bonchev–Trinajstić information content (AvgIpc) is 3.23. The van der Waals surface area contributed by atoms with Crippen molar-refractivity contribution < 1.29 is 18.3 Å². The molecule has 1 aromatic carbocycles. The highest BCUT2D eigenvalue weighted by Gasteiger charge is 2.32. The summed E-state index contributed by atoms with van der Waals surface area (Å²) in [7, 11) is -3.76. The van der Waals surface area contributed by atoms with E-state index in [1.807, 2.05) is 0 Å². The van der Waals surface area contributed by atoms with Crippen LogP contribution in [0.1, 0.15) is 12.8 Å². The van der Waals surface area contributed by atoms with Crippen molar-refractivity contribution in [2.24, 2.45) is 0 Å². The van der Waals surface area contributed by atoms with Crippen LogP contribution in [-0.4, -0.2) is 37.0 Å². The number of halogens is 1. The summed E-state index contributed by atoms with van der Waals surface area (Å²) >= 11 is 6.75. The Labute approximate surface area is 159 Å². The molecule has 0 atom stereocenters. The van der Waals surface area contributed by atoms with Gasteiger partial charge >= 0.3 is 6.03 Å². The van der Waals surface area contributed by atoms with Crippen molar-refractivity contribution in [3.63, 3.8) is 0 Å². The molecule has 0 unspecified atom stereocenters. The number of para-hydroxylation sites is 1. The summed E-state index contributed by atoms with van der Waals surface area (Å²) in [5, 5.41) is 16.8. The van der Waals surface area contributed by atoms with Crippen LogP contribution in [-0.2, 0) is 10.0 Å². The molecule has 26 heavy (non-hydrogen) atoms. The third kappa shape index (κ3) is 3.58. The third-order valence-corrected chi connectivity index (χ3v) is 7.64. The number of rotatable bonds is 4. The summed E-state index contributed by atoms with van der Waals surface area (Å²) in [4.78, 5) is 12.1. The number of nitrogens with zero attached hydrogens (tertiary/aromatic N) is 1. The Morgan fingerprint density at radius 1 is 1.23 bits per heavy atom. The molecule has 1 fully saturated rings. The zero-order valence-corrected chi connectivity index (χ0v) is 15.9. The molecule has 0 aliphatic carbocycles. The predicted molar refractivity (Wildman–Crippen MR) is 102 cm³/mol. The fourth-order valence-electron chi connectivity index (χ4n) is 2.57. The van der Waals surface area contributed by atoms with Crippen LogP contribution in [0, 0.1) is 0 Å². The normalized spacial score (nSPS) is 15.1. The molecule has 1 aliphatic heterocycles. The van der Waals surface area contributed by atoms with Gasteiger partial charge in [0.05, 0.1) is 22.1 Å². The largest absolute Gasteiger partial charge is 0.504 e. The number of sulfonamides is 1. The molecule has 0 saturated carbocycles. The zero-order valence-electron chi connectivity index (χ0n) is 13.5. The number of anilines is 3. The molecule has 11 heteroatoms. The van der Waals surface area contributed by atoms with Gasteiger partial charge in [0.25, 0.3) is 10.0 Å². The molecule has 1 aromatic heterocycles. The first kappa shape index (κ1) is 18.8. The average molecular weight is 417 g/mol. The first-order chi connectivity index (χ1) is 12.3. The van der Waals surface area contributed by atoms with E-state index in [-0.39, 0.29) is 15.6 Å². The molecule has 2 amide bonds. The maximum absolute atomic E-state index is 12.5. The Kier molecular flexibility index (Phi) is 5.28. The van der Waals surface area contributed by atoms with E-state index >= 15 is 0 Å². The summed E-state index contributed by atoms with van der Waals surface area (Å²) < 4.78 is 26.2. The summed E-state index contributed by atoms with van der Waals surface area (Å²) in [6, 6.07) is 4.09. The number of hydrogen-bond acceptors (Lipinski definition) is 6. The molecular weight excluding hydrogens is 400 g/mol. The molecule has 0 radical (unpaired) electrons. The van der Waals surface area contributed by atoms with Crippen molar-refractivity contribution in [1.29, 1.82) is 0 Å². The third-order valence-electron chi connectivity index (χ3n) is 3.92. The van der Waals surface area contributed by atoms with Crippen molar-refractivity contribution >= 4 is 56.1 Å². The molecule has 3 rings (SSSR count). The molecule has 140 valence electrons. The van der Waals surface area contributed by atoms with Crippen molar-refractivity contribution in [1.82, 2.24) is 4.31 Å². The predicted octanol–water partition coefficient (Wildman–Crippen LogP) is 3.12. The Hall–Kier alpha value is -2.01. The van der Waals surface area contributed by atoms with Crippen LogP contribution >= 0.6 is 22.9 Å². The lowest BCUT2D eigenvalue weighted by molar-refractivity contribution is 0.262. The highest BCUT2D eigenvalue weighted by molar-refractivity contribution is 7.91. The van der Waals surface area contributed by atoms with Gasteiger partial charge in [0, 0.05) is 18.5 Å². The molecule has 2 heterocycles. The lowest BCUT2D eigenvalue weighted by Gasteiger charge is -2.14. The van der Waals surface area contributed by atoms with E-state index in [2.05, 4.69) is 10.6 Å². The quantitative estimate of drug-likeness (QED) is 0.570. The van der Waals surface area contributed by atoms with Gasteiger partial charge in [-0.2, -0.15) is 4.31 Å². The molecule has 0 spiro atoms. The first-order valence-electron chi connectivity index (χ1n) is 7.73. The minimum absolute atomic E-state index is 0.00544. The monoisotopic (exact) mass is 416 g/mol. The number of urea groups is 1. The van der Waals surface area contributed by atoms with Gasteiger partial charge in [0.2, 0.25) is 0 Å². The molecule has 1 aliphatic rings. The van der Waals surface area contributed by atoms with Gasteiger partial charge in [0.15, 0.2) is 9.96 Å². The summed E-state index contributed by atoms with van der Waals surface area (Å²) in [5.74, 6) is -0.476. The molecule has 1 saturated heterocycles. The van der Waals surface area contributed by atoms with E-state index in [4.69, 9.17) is 17.3 Å². The summed E-state index contributed by atoms with van der Waals surface area (Å²) in [5.41, 5.74) is 6.29. The van der Waals surface area contributed by atoms with E-state index in [9.17, 15) is 18.3 Å². The number of carbonyl (C=O) groups is 1. The van der Waals surface area contributed by atoms with E-state index in [0.29, 0.717) is 23.8 Å². The van der Waals surface area contributed by atoms with Gasteiger partial charge in [-0.15, -0.1) is 11.3 Å². The summed E-state index contributed by atoms with van der Waals surface area (Å²) in [6.45, 7) is 0.855. The molecule has 2 aromatic rings. The van der Waals surface area contributed by atoms with Crippen LogP contribution in [0.3, 0.4) is 0 Å². The molecule has 0 bridgehead atoms. The number of nitrogens with two attached hydrogens (primary N) is 1. The van der Waals surface area contributed by atoms with Crippen molar-refractivity contribution in [3.05, 3.63) is 28.6 Å². The maximum Gasteiger partial charge on any atom is 0.323 e. The van der Waals surface area contributed by atoms with Crippen LogP contribution in [0.25, 0.3) is 0 Å². The number of benzene rings is 1.